The van der Waals surface area contributed by atoms with E-state index in [-0.39, 0.29) is 31.6 Å². The van der Waals surface area contributed by atoms with E-state index < -0.39 is 0 Å². The van der Waals surface area contributed by atoms with Crippen LogP contribution in [0, 0.1) is 6.07 Å². The van der Waals surface area contributed by atoms with Crippen molar-refractivity contribution in [2.75, 3.05) is 0 Å². The molecule has 0 amide bonds. The molecule has 0 unspecified atom stereocenters. The minimum absolute atomic E-state index is 0. The molecular weight excluding hydrogens is 701 g/mol. The molecule has 42 heavy (non-hydrogen) atoms. The fourth-order valence-corrected chi connectivity index (χ4v) is 5.11. The van der Waals surface area contributed by atoms with Crippen LogP contribution in [0.1, 0.15) is 13.8 Å². The van der Waals surface area contributed by atoms with Crippen molar-refractivity contribution in [2.24, 2.45) is 0 Å². The molecule has 6 nitrogen and oxygen atoms in total. The Labute approximate surface area is 256 Å². The molecule has 0 atom stereocenters. The van der Waals surface area contributed by atoms with Crippen molar-refractivity contribution in [3.63, 3.8) is 0 Å². The van der Waals surface area contributed by atoms with Gasteiger partial charge in [-0.05, 0) is 41.5 Å². The van der Waals surface area contributed by atoms with Gasteiger partial charge in [0.2, 0.25) is 5.82 Å². The topological polar surface area (TPSA) is 88.9 Å². The maximum atomic E-state index is 10.0. The molecule has 0 aliphatic rings. The summed E-state index contributed by atoms with van der Waals surface area (Å²) in [5.74, 6) is 0.916. The molecule has 0 aliphatic carbocycles. The van der Waals surface area contributed by atoms with Crippen LogP contribution >= 0.6 is 0 Å². The van der Waals surface area contributed by atoms with Crippen LogP contribution in [0.5, 0.6) is 0 Å². The second-order valence-corrected chi connectivity index (χ2v) is 9.73. The molecule has 0 saturated carbocycles. The monoisotopic (exact) mass is 726 g/mol. The number of rotatable bonds is 3. The van der Waals surface area contributed by atoms with Gasteiger partial charge in [0.15, 0.2) is 5.78 Å². The average molecular weight is 726 g/mol. The number of hydrogen-bond donors (Lipinski definition) is 1. The molecule has 1 heterocycles. The van der Waals surface area contributed by atoms with Crippen molar-refractivity contribution >= 4 is 48.9 Å². The molecule has 0 bridgehead atoms. The van der Waals surface area contributed by atoms with Crippen LogP contribution in [0.15, 0.2) is 115 Å². The predicted octanol–water partition coefficient (Wildman–Crippen LogP) is 8.05. The zero-order valence-electron chi connectivity index (χ0n) is 22.9. The van der Waals surface area contributed by atoms with Crippen LogP contribution in [0.4, 0.5) is 0 Å². The van der Waals surface area contributed by atoms with E-state index in [2.05, 4.69) is 93.2 Å². The normalized spacial score (nSPS) is 11.2. The Morgan fingerprint density at radius 2 is 1.14 bits per heavy atom. The number of hydrogen-bond acceptors (Lipinski definition) is 6. The fraction of sp³-hybridized carbons (Fsp3) is 0.0571. The Bertz CT molecular complexity index is 1970. The van der Waals surface area contributed by atoms with Crippen LogP contribution in [0.25, 0.3) is 65.9 Å². The largest absolute Gasteiger partial charge is 0.512 e. The molecule has 0 spiro atoms. The second-order valence-electron chi connectivity index (χ2n) is 9.73. The molecule has 7 aromatic rings. The van der Waals surface area contributed by atoms with E-state index in [0.717, 1.165) is 48.8 Å². The van der Waals surface area contributed by atoms with Crippen molar-refractivity contribution in [1.82, 2.24) is 20.4 Å². The quantitative estimate of drug-likeness (QED) is 0.0859. The number of aliphatic hydroxyl groups is 1. The third-order valence-electron chi connectivity index (χ3n) is 6.80. The van der Waals surface area contributed by atoms with Crippen molar-refractivity contribution in [3.8, 4) is 22.8 Å². The standard InChI is InChI=1S/C30H17N4.C5H8O2.Ir/c1-3-11-21-19(9-1)17-27(25-15-7-5-13-23(21)25)29-31-33-30(34-32-29)28-18-20-10-2-4-12-22(20)24-14-6-8-16-26(24)28;1-4(6)3-5(2)7;/h1-17H;3,6H,1-2H3;/q-1;;/b;4-3-;. The van der Waals surface area contributed by atoms with E-state index in [1.54, 1.807) is 0 Å². The third-order valence-corrected chi connectivity index (χ3v) is 6.80. The van der Waals surface area contributed by atoms with Gasteiger partial charge in [-0.3, -0.25) is 4.79 Å². The van der Waals surface area contributed by atoms with Gasteiger partial charge in [0.05, 0.1) is 5.76 Å². The number of carbonyl (C=O) groups is 1. The molecule has 0 aliphatic heterocycles. The summed E-state index contributed by atoms with van der Waals surface area (Å²) in [4.78, 5) is 10.0. The molecular formula is C35H25IrN4O2-. The molecule has 7 heteroatoms. The van der Waals surface area contributed by atoms with E-state index in [0.29, 0.717) is 11.6 Å². The molecule has 1 aromatic heterocycles. The summed E-state index contributed by atoms with van der Waals surface area (Å²) < 4.78 is 0. The molecule has 1 radical (unpaired) electrons. The summed E-state index contributed by atoms with van der Waals surface area (Å²) in [5, 5.41) is 35.4. The van der Waals surface area contributed by atoms with Gasteiger partial charge in [0.1, 0.15) is 5.82 Å². The molecule has 6 aromatic carbocycles. The summed E-state index contributed by atoms with van der Waals surface area (Å²) in [7, 11) is 0. The minimum atomic E-state index is -0.125. The Kier molecular flexibility index (Phi) is 8.43. The van der Waals surface area contributed by atoms with Gasteiger partial charge in [-0.2, -0.15) is 10.2 Å². The van der Waals surface area contributed by atoms with Gasteiger partial charge in [-0.25, -0.2) is 0 Å². The number of allylic oxidation sites excluding steroid dienone is 2. The Hall–Kier alpha value is -4.84. The first-order valence-corrected chi connectivity index (χ1v) is 13.2. The maximum absolute atomic E-state index is 10.0. The first-order chi connectivity index (χ1) is 20.0. The number of fused-ring (bicyclic) bond motifs is 6. The minimum Gasteiger partial charge on any atom is -0.512 e. The third kappa shape index (κ3) is 5.66. The number of nitrogens with zero attached hydrogens (tertiary/aromatic N) is 4. The van der Waals surface area contributed by atoms with Crippen molar-refractivity contribution < 1.29 is 30.0 Å². The van der Waals surface area contributed by atoms with Gasteiger partial charge >= 0.3 is 0 Å². The molecule has 0 fully saturated rings. The van der Waals surface area contributed by atoms with E-state index in [1.165, 1.54) is 25.3 Å². The molecule has 0 saturated heterocycles. The van der Waals surface area contributed by atoms with Gasteiger partial charge in [-0.15, -0.1) is 27.7 Å². The maximum Gasteiger partial charge on any atom is 0.202 e. The van der Waals surface area contributed by atoms with Crippen LogP contribution in [0.3, 0.4) is 0 Å². The fourth-order valence-electron chi connectivity index (χ4n) is 5.11. The second kappa shape index (κ2) is 12.4. The first kappa shape index (κ1) is 28.7. The molecule has 207 valence electrons. The SMILES string of the molecule is CC(=O)/C=C(/C)O.[Ir].[c-]1c(-c2nnc(-c3cc4ccccc4c4ccccc34)nn2)c2ccccc2c2ccccc12. The predicted molar refractivity (Wildman–Crippen MR) is 164 cm³/mol. The average Bonchev–Trinajstić information content (AvgIpc) is 3.00. The van der Waals surface area contributed by atoms with Crippen LogP contribution in [0.2, 0.25) is 0 Å². The Morgan fingerprint density at radius 3 is 1.76 bits per heavy atom. The van der Waals surface area contributed by atoms with Gasteiger partial charge < -0.3 is 5.11 Å². The summed E-state index contributed by atoms with van der Waals surface area (Å²) in [6.07, 6.45) is 1.17. The zero-order chi connectivity index (χ0) is 28.3. The smallest absolute Gasteiger partial charge is 0.202 e. The van der Waals surface area contributed by atoms with Gasteiger partial charge in [0, 0.05) is 31.7 Å². The summed E-state index contributed by atoms with van der Waals surface area (Å²) in [6.45, 7) is 2.85. The van der Waals surface area contributed by atoms with E-state index in [1.807, 2.05) is 36.4 Å². The van der Waals surface area contributed by atoms with Crippen LogP contribution < -0.4 is 0 Å². The van der Waals surface area contributed by atoms with Gasteiger partial charge in [0.25, 0.3) is 0 Å². The Morgan fingerprint density at radius 1 is 0.643 bits per heavy atom. The first-order valence-electron chi connectivity index (χ1n) is 13.2. The van der Waals surface area contributed by atoms with Crippen molar-refractivity contribution in [1.29, 1.82) is 0 Å². The molecule has 1 N–H and O–H groups in total. The summed E-state index contributed by atoms with van der Waals surface area (Å²) in [5.41, 5.74) is 1.73. The summed E-state index contributed by atoms with van der Waals surface area (Å²) >= 11 is 0. The number of benzene rings is 6. The van der Waals surface area contributed by atoms with Gasteiger partial charge in [-0.1, -0.05) is 113 Å². The summed E-state index contributed by atoms with van der Waals surface area (Å²) in [6, 6.07) is 38.8. The Balaban J connectivity index is 0.000000396. The van der Waals surface area contributed by atoms with Crippen LogP contribution in [-0.2, 0) is 24.9 Å². The van der Waals surface area contributed by atoms with E-state index in [9.17, 15) is 4.79 Å². The van der Waals surface area contributed by atoms with Crippen molar-refractivity contribution in [3.05, 3.63) is 121 Å². The van der Waals surface area contributed by atoms with Crippen LogP contribution in [-0.4, -0.2) is 31.3 Å². The van der Waals surface area contributed by atoms with Crippen molar-refractivity contribution in [2.45, 2.75) is 13.8 Å². The number of carbonyl (C=O) groups excluding carboxylic acids is 1. The molecule has 7 rings (SSSR count). The number of ketones is 1. The number of aliphatic hydroxyl groups excluding tert-OH is 1. The van der Waals surface area contributed by atoms with E-state index >= 15 is 0 Å². The number of aromatic nitrogens is 4. The zero-order valence-corrected chi connectivity index (χ0v) is 25.3. The van der Waals surface area contributed by atoms with E-state index in [4.69, 9.17) is 5.11 Å².